The van der Waals surface area contributed by atoms with Crippen LogP contribution in [0.4, 0.5) is 18.9 Å². The standard InChI is InChI=1S/C16H15F3N2O4S/c1-10-6-7-13(26(23,24)20-2)9-14(10)15(22)21-11-4-3-5-12(8-11)25-16(17,18)19/h3-9,20H,1-2H3,(H,21,22). The van der Waals surface area contributed by atoms with Gasteiger partial charge in [0.05, 0.1) is 4.90 Å². The van der Waals surface area contributed by atoms with Crippen LogP contribution in [0.2, 0.25) is 0 Å². The highest BCUT2D eigenvalue weighted by atomic mass is 32.2. The summed E-state index contributed by atoms with van der Waals surface area (Å²) in [5.41, 5.74) is 0.641. The third-order valence-corrected chi connectivity index (χ3v) is 4.77. The molecule has 140 valence electrons. The fourth-order valence-electron chi connectivity index (χ4n) is 2.10. The molecule has 0 radical (unpaired) electrons. The summed E-state index contributed by atoms with van der Waals surface area (Å²) in [7, 11) is -2.51. The number of carbonyl (C=O) groups is 1. The van der Waals surface area contributed by atoms with Crippen LogP contribution in [0.3, 0.4) is 0 Å². The van der Waals surface area contributed by atoms with Gasteiger partial charge in [-0.05, 0) is 43.8 Å². The topological polar surface area (TPSA) is 84.5 Å². The summed E-state index contributed by atoms with van der Waals surface area (Å²) in [5.74, 6) is -1.15. The molecule has 2 N–H and O–H groups in total. The van der Waals surface area contributed by atoms with E-state index in [2.05, 4.69) is 14.8 Å². The van der Waals surface area contributed by atoms with E-state index in [-0.39, 0.29) is 16.1 Å². The monoisotopic (exact) mass is 388 g/mol. The van der Waals surface area contributed by atoms with Crippen molar-refractivity contribution in [3.05, 3.63) is 53.6 Å². The molecule has 6 nitrogen and oxygen atoms in total. The molecule has 0 aliphatic carbocycles. The molecule has 10 heteroatoms. The van der Waals surface area contributed by atoms with E-state index in [4.69, 9.17) is 0 Å². The summed E-state index contributed by atoms with van der Waals surface area (Å²) in [6, 6.07) is 8.75. The van der Waals surface area contributed by atoms with Gasteiger partial charge in [0.25, 0.3) is 5.91 Å². The minimum atomic E-state index is -4.85. The van der Waals surface area contributed by atoms with Crippen molar-refractivity contribution in [3.63, 3.8) is 0 Å². The van der Waals surface area contributed by atoms with E-state index in [1.54, 1.807) is 6.92 Å². The average Bonchev–Trinajstić information content (AvgIpc) is 2.53. The first-order valence-electron chi connectivity index (χ1n) is 7.23. The predicted octanol–water partition coefficient (Wildman–Crippen LogP) is 3.05. The van der Waals surface area contributed by atoms with E-state index < -0.39 is 28.0 Å². The molecule has 0 unspecified atom stereocenters. The molecule has 0 spiro atoms. The Bertz CT molecular complexity index is 927. The van der Waals surface area contributed by atoms with Crippen molar-refractivity contribution in [2.45, 2.75) is 18.2 Å². The maximum atomic E-state index is 12.4. The quantitative estimate of drug-likeness (QED) is 0.825. The van der Waals surface area contributed by atoms with E-state index in [1.807, 2.05) is 0 Å². The number of hydrogen-bond acceptors (Lipinski definition) is 4. The van der Waals surface area contributed by atoms with Crippen LogP contribution in [-0.2, 0) is 10.0 Å². The molecule has 0 saturated heterocycles. The van der Waals surface area contributed by atoms with Crippen molar-refractivity contribution in [1.29, 1.82) is 0 Å². The lowest BCUT2D eigenvalue weighted by Gasteiger charge is -2.12. The number of alkyl halides is 3. The van der Waals surface area contributed by atoms with Gasteiger partial charge in [-0.1, -0.05) is 12.1 Å². The van der Waals surface area contributed by atoms with E-state index in [9.17, 15) is 26.4 Å². The molecule has 26 heavy (non-hydrogen) atoms. The van der Waals surface area contributed by atoms with Crippen LogP contribution >= 0.6 is 0 Å². The first kappa shape index (κ1) is 19.7. The second kappa shape index (κ2) is 7.34. The normalized spacial score (nSPS) is 11.9. The zero-order valence-corrected chi connectivity index (χ0v) is 14.5. The van der Waals surface area contributed by atoms with Crippen molar-refractivity contribution in [3.8, 4) is 5.75 Å². The Morgan fingerprint density at radius 1 is 1.12 bits per heavy atom. The smallest absolute Gasteiger partial charge is 0.406 e. The fraction of sp³-hybridized carbons (Fsp3) is 0.188. The van der Waals surface area contributed by atoms with Crippen LogP contribution in [-0.4, -0.2) is 27.7 Å². The maximum absolute atomic E-state index is 12.4. The molecule has 0 atom stereocenters. The first-order valence-corrected chi connectivity index (χ1v) is 8.71. The summed E-state index contributed by atoms with van der Waals surface area (Å²) >= 11 is 0. The van der Waals surface area contributed by atoms with Crippen LogP contribution in [0, 0.1) is 6.92 Å². The molecule has 0 fully saturated rings. The number of sulfonamides is 1. The van der Waals surface area contributed by atoms with Crippen molar-refractivity contribution in [2.75, 3.05) is 12.4 Å². The van der Waals surface area contributed by atoms with Gasteiger partial charge in [-0.25, -0.2) is 13.1 Å². The number of halogens is 3. The van der Waals surface area contributed by atoms with Crippen LogP contribution in [0.1, 0.15) is 15.9 Å². The summed E-state index contributed by atoms with van der Waals surface area (Å²) in [4.78, 5) is 12.3. The largest absolute Gasteiger partial charge is 0.573 e. The number of amides is 1. The summed E-state index contributed by atoms with van der Waals surface area (Å²) in [6.45, 7) is 1.61. The third-order valence-electron chi connectivity index (χ3n) is 3.36. The van der Waals surface area contributed by atoms with Gasteiger partial charge < -0.3 is 10.1 Å². The molecule has 1 amide bonds. The predicted molar refractivity (Wildman–Crippen MR) is 88.5 cm³/mol. The molecule has 0 saturated carbocycles. The third kappa shape index (κ3) is 4.96. The molecule has 0 aliphatic heterocycles. The van der Waals surface area contributed by atoms with Gasteiger partial charge in [-0.15, -0.1) is 13.2 Å². The minimum absolute atomic E-state index is 0.0676. The summed E-state index contributed by atoms with van der Waals surface area (Å²) in [5, 5.41) is 2.42. The van der Waals surface area contributed by atoms with Crippen molar-refractivity contribution in [1.82, 2.24) is 4.72 Å². The fourth-order valence-corrected chi connectivity index (χ4v) is 2.86. The number of ether oxygens (including phenoxy) is 1. The average molecular weight is 388 g/mol. The number of nitrogens with one attached hydrogen (secondary N) is 2. The zero-order chi connectivity index (χ0) is 19.5. The Balaban J connectivity index is 2.28. The molecule has 0 heterocycles. The Kier molecular flexibility index (Phi) is 5.57. The number of carbonyl (C=O) groups excluding carboxylic acids is 1. The molecular formula is C16H15F3N2O4S. The second-order valence-corrected chi connectivity index (χ2v) is 7.10. The number of anilines is 1. The highest BCUT2D eigenvalue weighted by Gasteiger charge is 2.31. The Labute approximate surface area is 148 Å². The lowest BCUT2D eigenvalue weighted by Crippen LogP contribution is -2.20. The van der Waals surface area contributed by atoms with Gasteiger partial charge >= 0.3 is 6.36 Å². The van der Waals surface area contributed by atoms with Crippen LogP contribution < -0.4 is 14.8 Å². The van der Waals surface area contributed by atoms with Gasteiger partial charge in [0.2, 0.25) is 10.0 Å². The van der Waals surface area contributed by atoms with E-state index in [0.717, 1.165) is 12.1 Å². The van der Waals surface area contributed by atoms with Crippen molar-refractivity contribution in [2.24, 2.45) is 0 Å². The molecule has 2 aromatic carbocycles. The Morgan fingerprint density at radius 2 is 1.81 bits per heavy atom. The molecule has 2 rings (SSSR count). The van der Waals surface area contributed by atoms with Gasteiger partial charge in [0.15, 0.2) is 0 Å². The Hall–Kier alpha value is -2.59. The highest BCUT2D eigenvalue weighted by Crippen LogP contribution is 2.25. The number of hydrogen-bond donors (Lipinski definition) is 2. The molecule has 0 aromatic heterocycles. The van der Waals surface area contributed by atoms with Crippen LogP contribution in [0.15, 0.2) is 47.4 Å². The SMILES string of the molecule is CNS(=O)(=O)c1ccc(C)c(C(=O)Nc2cccc(OC(F)(F)F)c2)c1. The Morgan fingerprint density at radius 3 is 2.42 bits per heavy atom. The van der Waals surface area contributed by atoms with Crippen molar-refractivity contribution >= 4 is 21.6 Å². The van der Waals surface area contributed by atoms with Gasteiger partial charge in [-0.3, -0.25) is 4.79 Å². The minimum Gasteiger partial charge on any atom is -0.406 e. The first-order chi connectivity index (χ1) is 12.0. The number of rotatable bonds is 5. The lowest BCUT2D eigenvalue weighted by molar-refractivity contribution is -0.274. The van der Waals surface area contributed by atoms with Gasteiger partial charge in [0.1, 0.15) is 5.75 Å². The molecule has 0 bridgehead atoms. The maximum Gasteiger partial charge on any atom is 0.573 e. The van der Waals surface area contributed by atoms with E-state index in [0.29, 0.717) is 5.56 Å². The van der Waals surface area contributed by atoms with Gasteiger partial charge in [-0.2, -0.15) is 0 Å². The molecule has 0 aliphatic rings. The zero-order valence-electron chi connectivity index (χ0n) is 13.7. The van der Waals surface area contributed by atoms with E-state index >= 15 is 0 Å². The van der Waals surface area contributed by atoms with Crippen molar-refractivity contribution < 1.29 is 31.1 Å². The lowest BCUT2D eigenvalue weighted by atomic mass is 10.1. The molecule has 2 aromatic rings. The second-order valence-electron chi connectivity index (χ2n) is 5.21. The number of benzene rings is 2. The van der Waals surface area contributed by atoms with E-state index in [1.165, 1.54) is 37.4 Å². The van der Waals surface area contributed by atoms with Crippen LogP contribution in [0.5, 0.6) is 5.75 Å². The number of aryl methyl sites for hydroxylation is 1. The highest BCUT2D eigenvalue weighted by molar-refractivity contribution is 7.89. The summed E-state index contributed by atoms with van der Waals surface area (Å²) < 4.78 is 66.5. The molecular weight excluding hydrogens is 373 g/mol. The van der Waals surface area contributed by atoms with Gasteiger partial charge in [0, 0.05) is 17.3 Å². The summed E-state index contributed by atoms with van der Waals surface area (Å²) in [6.07, 6.45) is -4.85. The van der Waals surface area contributed by atoms with Crippen LogP contribution in [0.25, 0.3) is 0 Å².